The topological polar surface area (TPSA) is 118 Å². The zero-order valence-corrected chi connectivity index (χ0v) is 22.3. The fourth-order valence-electron chi connectivity index (χ4n) is 4.60. The van der Waals surface area contributed by atoms with Crippen LogP contribution in [0.15, 0.2) is 54.6 Å². The summed E-state index contributed by atoms with van der Waals surface area (Å²) in [5.74, 6) is -4.22. The van der Waals surface area contributed by atoms with E-state index in [0.717, 1.165) is 22.2 Å². The smallest absolute Gasteiger partial charge is 0.489 e. The number of pyridine rings is 1. The molecule has 1 aromatic heterocycles. The molecule has 3 aromatic rings. The van der Waals surface area contributed by atoms with E-state index in [9.17, 15) is 27.6 Å². The van der Waals surface area contributed by atoms with Gasteiger partial charge in [-0.05, 0) is 49.7 Å². The number of rotatable bonds is 7. The lowest BCUT2D eigenvalue weighted by Gasteiger charge is -2.38. The molecule has 0 radical (unpaired) electrons. The van der Waals surface area contributed by atoms with Crippen molar-refractivity contribution in [2.75, 3.05) is 5.75 Å². The van der Waals surface area contributed by atoms with E-state index in [1.54, 1.807) is 6.92 Å². The molecule has 2 unspecified atom stereocenters. The Hall–Kier alpha value is -3.84. The molecule has 1 aliphatic heterocycles. The Morgan fingerprint density at radius 2 is 1.88 bits per heavy atom. The largest absolute Gasteiger partial charge is 0.493 e. The highest BCUT2D eigenvalue weighted by molar-refractivity contribution is 8.00. The standard InChI is InChI=1S/C27H26F3N3O6S/c1-16-11-19(21-5-3-4-6-22(21)31-16)14-38-20-9-7-18(8-10-20)24(35)33(39-25(36)27(28,29)30)26(13-23(34)32-37)12-17(2)40-15-26/h3-11,17,37H,12-15H2,1-2H3,(H,32,34). The minimum atomic E-state index is -5.39. The van der Waals surface area contributed by atoms with Gasteiger partial charge in [0.1, 0.15) is 17.9 Å². The van der Waals surface area contributed by atoms with Gasteiger partial charge < -0.3 is 9.57 Å². The first-order valence-corrected chi connectivity index (χ1v) is 13.2. The number of para-hydroxylation sites is 1. The van der Waals surface area contributed by atoms with Gasteiger partial charge in [0.2, 0.25) is 5.91 Å². The van der Waals surface area contributed by atoms with E-state index < -0.39 is 35.9 Å². The number of hydrogen-bond acceptors (Lipinski definition) is 8. The third kappa shape index (κ3) is 6.48. The normalized spacial score (nSPS) is 18.8. The molecule has 1 fully saturated rings. The summed E-state index contributed by atoms with van der Waals surface area (Å²) in [4.78, 5) is 46.5. The molecule has 1 saturated heterocycles. The third-order valence-electron chi connectivity index (χ3n) is 6.36. The third-order valence-corrected chi connectivity index (χ3v) is 7.80. The van der Waals surface area contributed by atoms with E-state index in [2.05, 4.69) is 9.82 Å². The van der Waals surface area contributed by atoms with Crippen LogP contribution in [0.1, 0.15) is 41.4 Å². The summed E-state index contributed by atoms with van der Waals surface area (Å²) in [5, 5.41) is 10.1. The summed E-state index contributed by atoms with van der Waals surface area (Å²) >= 11 is 1.29. The van der Waals surface area contributed by atoms with Crippen LogP contribution in [0.5, 0.6) is 5.75 Å². The number of amides is 2. The van der Waals surface area contributed by atoms with Crippen molar-refractivity contribution in [3.8, 4) is 5.75 Å². The van der Waals surface area contributed by atoms with Gasteiger partial charge in [0.05, 0.1) is 11.9 Å². The number of thioether (sulfide) groups is 1. The van der Waals surface area contributed by atoms with Crippen LogP contribution in [0.2, 0.25) is 0 Å². The van der Waals surface area contributed by atoms with Crippen molar-refractivity contribution < 1.29 is 42.3 Å². The number of benzene rings is 2. The van der Waals surface area contributed by atoms with Gasteiger partial charge in [-0.3, -0.25) is 19.8 Å². The Labute approximate surface area is 231 Å². The van der Waals surface area contributed by atoms with Gasteiger partial charge in [-0.1, -0.05) is 25.1 Å². The average Bonchev–Trinajstić information content (AvgIpc) is 3.29. The van der Waals surface area contributed by atoms with Crippen molar-refractivity contribution in [2.45, 2.75) is 50.3 Å². The van der Waals surface area contributed by atoms with Gasteiger partial charge in [0, 0.05) is 33.2 Å². The number of aryl methyl sites for hydroxylation is 1. The maximum atomic E-state index is 13.5. The monoisotopic (exact) mass is 577 g/mol. The number of nitrogens with zero attached hydrogens (tertiary/aromatic N) is 2. The molecule has 2 aromatic carbocycles. The fourth-order valence-corrected chi connectivity index (χ4v) is 5.96. The average molecular weight is 578 g/mol. The van der Waals surface area contributed by atoms with Crippen molar-refractivity contribution in [3.63, 3.8) is 0 Å². The van der Waals surface area contributed by atoms with Gasteiger partial charge >= 0.3 is 12.1 Å². The molecule has 40 heavy (non-hydrogen) atoms. The van der Waals surface area contributed by atoms with Crippen LogP contribution in [0.4, 0.5) is 13.2 Å². The number of carbonyl (C=O) groups is 3. The predicted molar refractivity (Wildman–Crippen MR) is 139 cm³/mol. The highest BCUT2D eigenvalue weighted by Crippen LogP contribution is 2.42. The maximum Gasteiger partial charge on any atom is 0.493 e. The van der Waals surface area contributed by atoms with E-state index in [4.69, 9.17) is 9.94 Å². The number of nitrogens with one attached hydrogen (secondary N) is 1. The van der Waals surface area contributed by atoms with E-state index in [1.165, 1.54) is 41.5 Å². The lowest BCUT2D eigenvalue weighted by atomic mass is 9.90. The Morgan fingerprint density at radius 1 is 1.18 bits per heavy atom. The molecule has 1 aliphatic rings. The van der Waals surface area contributed by atoms with Crippen LogP contribution >= 0.6 is 11.8 Å². The summed E-state index contributed by atoms with van der Waals surface area (Å²) in [6, 6.07) is 15.1. The maximum absolute atomic E-state index is 13.5. The number of alkyl halides is 3. The first-order valence-electron chi connectivity index (χ1n) is 12.2. The van der Waals surface area contributed by atoms with E-state index >= 15 is 0 Å². The first kappa shape index (κ1) is 29.2. The van der Waals surface area contributed by atoms with Gasteiger partial charge in [0.15, 0.2) is 0 Å². The Kier molecular flexibility index (Phi) is 8.54. The molecule has 2 N–H and O–H groups in total. The van der Waals surface area contributed by atoms with Crippen molar-refractivity contribution in [1.82, 2.24) is 15.5 Å². The number of ether oxygens (including phenoxy) is 1. The second-order valence-corrected chi connectivity index (χ2v) is 10.9. The molecule has 0 bridgehead atoms. The number of hydroxylamine groups is 3. The quantitative estimate of drug-likeness (QED) is 0.305. The summed E-state index contributed by atoms with van der Waals surface area (Å²) in [5.41, 5.74) is 2.24. The molecule has 2 heterocycles. The van der Waals surface area contributed by atoms with Gasteiger partial charge in [-0.25, -0.2) is 10.3 Å². The molecule has 9 nitrogen and oxygen atoms in total. The highest BCUT2D eigenvalue weighted by atomic mass is 32.2. The van der Waals surface area contributed by atoms with Gasteiger partial charge in [0.25, 0.3) is 5.91 Å². The van der Waals surface area contributed by atoms with Crippen LogP contribution in [-0.4, -0.2) is 55.8 Å². The summed E-state index contributed by atoms with van der Waals surface area (Å²) in [6.45, 7) is 3.83. The molecule has 2 amide bonds. The zero-order chi connectivity index (χ0) is 29.1. The molecule has 13 heteroatoms. The van der Waals surface area contributed by atoms with Gasteiger partial charge in [-0.2, -0.15) is 30.0 Å². The minimum absolute atomic E-state index is 0.00103. The number of carbonyl (C=O) groups excluding carboxylic acids is 3. The van der Waals surface area contributed by atoms with E-state index in [-0.39, 0.29) is 29.6 Å². The fraction of sp³-hybridized carbons (Fsp3) is 0.333. The number of hydrogen-bond donors (Lipinski definition) is 2. The van der Waals surface area contributed by atoms with Crippen molar-refractivity contribution in [1.29, 1.82) is 0 Å². The molecule has 0 spiro atoms. The Balaban J connectivity index is 1.58. The predicted octanol–water partition coefficient (Wildman–Crippen LogP) is 4.74. The van der Waals surface area contributed by atoms with E-state index in [1.807, 2.05) is 37.3 Å². The molecule has 212 valence electrons. The summed E-state index contributed by atoms with van der Waals surface area (Å²) in [7, 11) is 0. The molecule has 2 atom stereocenters. The number of aromatic nitrogens is 1. The Bertz CT molecular complexity index is 1420. The first-order chi connectivity index (χ1) is 18.9. The van der Waals surface area contributed by atoms with Crippen molar-refractivity contribution in [3.05, 3.63) is 71.4 Å². The van der Waals surface area contributed by atoms with Crippen LogP contribution in [0.3, 0.4) is 0 Å². The van der Waals surface area contributed by atoms with Crippen LogP contribution < -0.4 is 10.2 Å². The lowest BCUT2D eigenvalue weighted by molar-refractivity contribution is -0.242. The molecule has 0 saturated carbocycles. The highest BCUT2D eigenvalue weighted by Gasteiger charge is 2.52. The summed E-state index contributed by atoms with van der Waals surface area (Å²) in [6.07, 6.45) is -5.93. The second kappa shape index (κ2) is 11.7. The lowest BCUT2D eigenvalue weighted by Crippen LogP contribution is -2.56. The molecule has 0 aliphatic carbocycles. The summed E-state index contributed by atoms with van der Waals surface area (Å²) < 4.78 is 45.3. The SMILES string of the molecule is Cc1cc(COc2ccc(C(=O)N(OC(=O)C(F)(F)F)C3(CC(=O)NO)CSC(C)C3)cc2)c2ccccc2n1. The molecular weight excluding hydrogens is 551 g/mol. The van der Waals surface area contributed by atoms with Crippen molar-refractivity contribution in [2.24, 2.45) is 0 Å². The van der Waals surface area contributed by atoms with Gasteiger partial charge in [-0.15, -0.1) is 0 Å². The number of fused-ring (bicyclic) bond motifs is 1. The Morgan fingerprint density at radius 3 is 2.50 bits per heavy atom. The van der Waals surface area contributed by atoms with Crippen LogP contribution in [-0.2, 0) is 21.0 Å². The second-order valence-electron chi connectivity index (χ2n) is 9.49. The molecular formula is C27H26F3N3O6S. The minimum Gasteiger partial charge on any atom is -0.489 e. The van der Waals surface area contributed by atoms with Crippen LogP contribution in [0, 0.1) is 6.92 Å². The number of halogens is 3. The zero-order valence-electron chi connectivity index (χ0n) is 21.5. The van der Waals surface area contributed by atoms with Crippen molar-refractivity contribution >= 4 is 40.4 Å². The molecule has 4 rings (SSSR count). The van der Waals surface area contributed by atoms with E-state index in [0.29, 0.717) is 10.8 Å². The van der Waals surface area contributed by atoms with Crippen LogP contribution in [0.25, 0.3) is 10.9 Å².